The van der Waals surface area contributed by atoms with Crippen LogP contribution in [0.2, 0.25) is 0 Å². The van der Waals surface area contributed by atoms with Crippen LogP contribution in [0.15, 0.2) is 0 Å². The third-order valence-corrected chi connectivity index (χ3v) is 4.71. The van der Waals surface area contributed by atoms with Crippen LogP contribution in [0, 0.1) is 0 Å². The molecule has 0 radical (unpaired) electrons. The summed E-state index contributed by atoms with van der Waals surface area (Å²) in [6, 6.07) is 0.799. The van der Waals surface area contributed by atoms with Gasteiger partial charge in [0, 0.05) is 18.1 Å². The molecule has 2 unspecified atom stereocenters. The van der Waals surface area contributed by atoms with Crippen LogP contribution in [0.4, 0.5) is 0 Å². The fraction of sp³-hybridized carbons (Fsp3) is 1.00. The van der Waals surface area contributed by atoms with E-state index in [1.165, 1.54) is 64.6 Å². The smallest absolute Gasteiger partial charge is 0.0306 e. The first-order valence-corrected chi connectivity index (χ1v) is 7.25. The Balaban J connectivity index is 1.95. The number of likely N-dealkylation sites (tertiary alicyclic amines) is 1. The zero-order chi connectivity index (χ0) is 11.4. The summed E-state index contributed by atoms with van der Waals surface area (Å²) < 4.78 is 0. The van der Waals surface area contributed by atoms with Crippen molar-refractivity contribution in [1.82, 2.24) is 10.2 Å². The Morgan fingerprint density at radius 1 is 1.25 bits per heavy atom. The highest BCUT2D eigenvalue weighted by Gasteiger charge is 2.34. The van der Waals surface area contributed by atoms with Crippen molar-refractivity contribution < 1.29 is 0 Å². The summed E-state index contributed by atoms with van der Waals surface area (Å²) in [4.78, 5) is 2.74. The van der Waals surface area contributed by atoms with Crippen LogP contribution < -0.4 is 5.32 Å². The van der Waals surface area contributed by atoms with E-state index in [1.807, 2.05) is 0 Å². The van der Waals surface area contributed by atoms with Crippen LogP contribution in [0.3, 0.4) is 0 Å². The van der Waals surface area contributed by atoms with Crippen LogP contribution in [-0.2, 0) is 0 Å². The highest BCUT2D eigenvalue weighted by atomic mass is 15.2. The van der Waals surface area contributed by atoms with Gasteiger partial charge in [-0.2, -0.15) is 0 Å². The minimum absolute atomic E-state index is 0.443. The van der Waals surface area contributed by atoms with Crippen molar-refractivity contribution in [3.05, 3.63) is 0 Å². The van der Waals surface area contributed by atoms with E-state index < -0.39 is 0 Å². The van der Waals surface area contributed by atoms with E-state index in [1.54, 1.807) is 0 Å². The molecule has 0 aromatic rings. The van der Waals surface area contributed by atoms with Crippen LogP contribution >= 0.6 is 0 Å². The summed E-state index contributed by atoms with van der Waals surface area (Å²) >= 11 is 0. The van der Waals surface area contributed by atoms with Gasteiger partial charge in [0.1, 0.15) is 0 Å². The van der Waals surface area contributed by atoms with Crippen molar-refractivity contribution in [1.29, 1.82) is 0 Å². The predicted molar refractivity (Wildman–Crippen MR) is 69.8 cm³/mol. The van der Waals surface area contributed by atoms with E-state index in [4.69, 9.17) is 0 Å². The van der Waals surface area contributed by atoms with Crippen molar-refractivity contribution in [3.8, 4) is 0 Å². The molecule has 2 rings (SSSR count). The van der Waals surface area contributed by atoms with Gasteiger partial charge in [0.2, 0.25) is 0 Å². The molecule has 16 heavy (non-hydrogen) atoms. The molecule has 2 atom stereocenters. The van der Waals surface area contributed by atoms with Crippen LogP contribution in [0.25, 0.3) is 0 Å². The van der Waals surface area contributed by atoms with Crippen LogP contribution in [0.5, 0.6) is 0 Å². The van der Waals surface area contributed by atoms with Gasteiger partial charge in [-0.3, -0.25) is 4.90 Å². The maximum Gasteiger partial charge on any atom is 0.0306 e. The first-order chi connectivity index (χ1) is 7.76. The minimum atomic E-state index is 0.443. The quantitative estimate of drug-likeness (QED) is 0.793. The minimum Gasteiger partial charge on any atom is -0.310 e. The van der Waals surface area contributed by atoms with Crippen molar-refractivity contribution in [2.75, 3.05) is 19.6 Å². The SMILES string of the molecule is CCC1(CN2CCCCCC2C)CCCN1. The Morgan fingerprint density at radius 2 is 2.12 bits per heavy atom. The molecule has 0 spiro atoms. The average molecular weight is 224 g/mol. The van der Waals surface area contributed by atoms with Gasteiger partial charge >= 0.3 is 0 Å². The summed E-state index contributed by atoms with van der Waals surface area (Å²) in [5.41, 5.74) is 0.443. The second kappa shape index (κ2) is 5.50. The molecule has 0 amide bonds. The highest BCUT2D eigenvalue weighted by Crippen LogP contribution is 2.27. The van der Waals surface area contributed by atoms with Crippen LogP contribution in [-0.4, -0.2) is 36.1 Å². The van der Waals surface area contributed by atoms with Crippen molar-refractivity contribution in [3.63, 3.8) is 0 Å². The van der Waals surface area contributed by atoms with Gasteiger partial charge in [-0.1, -0.05) is 19.8 Å². The van der Waals surface area contributed by atoms with Gasteiger partial charge in [-0.25, -0.2) is 0 Å². The second-order valence-corrected chi connectivity index (χ2v) is 5.83. The monoisotopic (exact) mass is 224 g/mol. The molecular weight excluding hydrogens is 196 g/mol. The van der Waals surface area contributed by atoms with Gasteiger partial charge in [-0.05, 0) is 52.1 Å². The fourth-order valence-corrected chi connectivity index (χ4v) is 3.38. The maximum atomic E-state index is 3.77. The molecule has 94 valence electrons. The number of rotatable bonds is 3. The fourth-order valence-electron chi connectivity index (χ4n) is 3.38. The summed E-state index contributed by atoms with van der Waals surface area (Å²) in [5.74, 6) is 0. The molecule has 0 aliphatic carbocycles. The molecule has 0 saturated carbocycles. The van der Waals surface area contributed by atoms with Gasteiger partial charge in [0.25, 0.3) is 0 Å². The predicted octanol–water partition coefficient (Wildman–Crippen LogP) is 2.78. The lowest BCUT2D eigenvalue weighted by Gasteiger charge is -2.37. The first-order valence-electron chi connectivity index (χ1n) is 7.25. The zero-order valence-electron chi connectivity index (χ0n) is 11.1. The van der Waals surface area contributed by atoms with Crippen LogP contribution in [0.1, 0.15) is 58.8 Å². The Hall–Kier alpha value is -0.0800. The molecular formula is C14H28N2. The lowest BCUT2D eigenvalue weighted by molar-refractivity contribution is 0.149. The van der Waals surface area contributed by atoms with E-state index in [-0.39, 0.29) is 0 Å². The third-order valence-electron chi connectivity index (χ3n) is 4.71. The Labute approximate surface area is 101 Å². The Morgan fingerprint density at radius 3 is 2.81 bits per heavy atom. The Kier molecular flexibility index (Phi) is 4.26. The first kappa shape index (κ1) is 12.4. The molecule has 0 aromatic carbocycles. The van der Waals surface area contributed by atoms with E-state index in [9.17, 15) is 0 Å². The molecule has 2 fully saturated rings. The van der Waals surface area contributed by atoms with Crippen molar-refractivity contribution in [2.24, 2.45) is 0 Å². The lowest BCUT2D eigenvalue weighted by Crippen LogP contribution is -2.51. The Bertz CT molecular complexity index is 209. The molecule has 2 nitrogen and oxygen atoms in total. The average Bonchev–Trinajstić information content (AvgIpc) is 2.67. The lowest BCUT2D eigenvalue weighted by atomic mass is 9.93. The van der Waals surface area contributed by atoms with Gasteiger partial charge < -0.3 is 5.32 Å². The zero-order valence-corrected chi connectivity index (χ0v) is 11.1. The third kappa shape index (κ3) is 2.78. The normalized spacial score (nSPS) is 37.5. The van der Waals surface area contributed by atoms with E-state index in [0.29, 0.717) is 5.54 Å². The largest absolute Gasteiger partial charge is 0.310 e. The number of nitrogens with zero attached hydrogens (tertiary/aromatic N) is 1. The maximum absolute atomic E-state index is 3.77. The van der Waals surface area contributed by atoms with E-state index >= 15 is 0 Å². The van der Waals surface area contributed by atoms with Crippen molar-refractivity contribution in [2.45, 2.75) is 70.4 Å². The number of hydrogen-bond donors (Lipinski definition) is 1. The molecule has 0 aromatic heterocycles. The van der Waals surface area contributed by atoms with E-state index in [2.05, 4.69) is 24.1 Å². The summed E-state index contributed by atoms with van der Waals surface area (Å²) in [5, 5.41) is 3.77. The van der Waals surface area contributed by atoms with E-state index in [0.717, 1.165) is 6.04 Å². The highest BCUT2D eigenvalue weighted by molar-refractivity contribution is 4.95. The van der Waals surface area contributed by atoms with Gasteiger partial charge in [0.15, 0.2) is 0 Å². The van der Waals surface area contributed by atoms with Gasteiger partial charge in [0.05, 0.1) is 0 Å². The summed E-state index contributed by atoms with van der Waals surface area (Å²) in [6.45, 7) is 8.61. The molecule has 2 heterocycles. The topological polar surface area (TPSA) is 15.3 Å². The summed E-state index contributed by atoms with van der Waals surface area (Å²) in [7, 11) is 0. The molecule has 2 aliphatic rings. The number of nitrogens with one attached hydrogen (secondary N) is 1. The summed E-state index contributed by atoms with van der Waals surface area (Å²) in [6.07, 6.45) is 9.72. The molecule has 2 aliphatic heterocycles. The van der Waals surface area contributed by atoms with Gasteiger partial charge in [-0.15, -0.1) is 0 Å². The molecule has 1 N–H and O–H groups in total. The standard InChI is InChI=1S/C14H28N2/c1-3-14(9-7-10-15-14)12-16-11-6-4-5-8-13(16)2/h13,15H,3-12H2,1-2H3. The molecule has 0 bridgehead atoms. The second-order valence-electron chi connectivity index (χ2n) is 5.83. The molecule has 2 heteroatoms. The van der Waals surface area contributed by atoms with Crippen molar-refractivity contribution >= 4 is 0 Å². The molecule has 2 saturated heterocycles. The number of hydrogen-bond acceptors (Lipinski definition) is 2.